The smallest absolute Gasteiger partial charge is 0.342 e. The van der Waals surface area contributed by atoms with E-state index in [1.54, 1.807) is 0 Å². The highest BCUT2D eigenvalue weighted by molar-refractivity contribution is 7.99. The predicted molar refractivity (Wildman–Crippen MR) is 122 cm³/mol. The lowest BCUT2D eigenvalue weighted by atomic mass is 10.1. The molecule has 0 aliphatic rings. The van der Waals surface area contributed by atoms with Gasteiger partial charge in [0, 0.05) is 18.0 Å². The Labute approximate surface area is 184 Å². The number of nitro groups is 1. The molecule has 0 atom stereocenters. The lowest BCUT2D eigenvalue weighted by molar-refractivity contribution is -0.387. The van der Waals surface area contributed by atoms with Crippen LogP contribution >= 0.6 is 11.8 Å². The largest absolute Gasteiger partial charge is 0.343 e. The van der Waals surface area contributed by atoms with Gasteiger partial charge in [0.25, 0.3) is 0 Å². The second kappa shape index (κ2) is 9.86. The van der Waals surface area contributed by atoms with Gasteiger partial charge in [0.05, 0.1) is 4.92 Å². The molecule has 4 aromatic rings. The molecule has 0 bridgehead atoms. The van der Waals surface area contributed by atoms with Crippen LogP contribution in [0.25, 0.3) is 0 Å². The molecular formula is C24H20N4O2S. The summed E-state index contributed by atoms with van der Waals surface area (Å²) in [5, 5.41) is 12.5. The first-order valence-electron chi connectivity index (χ1n) is 9.76. The molecule has 1 aromatic heterocycles. The number of benzene rings is 3. The standard InChI is InChI=1S/C24H20N4O2S/c29-28(30)22-23(25-18-26-24(22)31-21-14-8-3-9-15-21)27(16-19-10-4-1-5-11-19)17-20-12-6-2-7-13-20/h1-15,18H,16-17H2. The number of aromatic nitrogens is 2. The van der Waals surface area contributed by atoms with Crippen molar-refractivity contribution < 1.29 is 4.92 Å². The summed E-state index contributed by atoms with van der Waals surface area (Å²) in [5.74, 6) is 0.311. The first kappa shape index (κ1) is 20.6. The minimum Gasteiger partial charge on any atom is -0.342 e. The summed E-state index contributed by atoms with van der Waals surface area (Å²) in [4.78, 5) is 23.1. The molecule has 0 radical (unpaired) electrons. The van der Waals surface area contributed by atoms with Crippen molar-refractivity contribution in [1.82, 2.24) is 9.97 Å². The summed E-state index contributed by atoms with van der Waals surface area (Å²) in [6.45, 7) is 0.978. The van der Waals surface area contributed by atoms with Gasteiger partial charge in [0.2, 0.25) is 5.82 Å². The summed E-state index contributed by atoms with van der Waals surface area (Å²) in [6.07, 6.45) is 1.40. The summed E-state index contributed by atoms with van der Waals surface area (Å²) in [6, 6.07) is 29.3. The van der Waals surface area contributed by atoms with Gasteiger partial charge in [-0.05, 0) is 23.3 Å². The van der Waals surface area contributed by atoms with Gasteiger partial charge in [-0.15, -0.1) is 0 Å². The molecule has 0 saturated heterocycles. The quantitative estimate of drug-likeness (QED) is 0.202. The van der Waals surface area contributed by atoms with Crippen molar-refractivity contribution in [2.75, 3.05) is 4.90 Å². The molecule has 0 fully saturated rings. The minimum absolute atomic E-state index is 0.0804. The Hall–Kier alpha value is -3.71. The third-order valence-corrected chi connectivity index (χ3v) is 5.64. The Balaban J connectivity index is 1.75. The fraction of sp³-hybridized carbons (Fsp3) is 0.0833. The highest BCUT2D eigenvalue weighted by Gasteiger charge is 2.28. The third kappa shape index (κ3) is 5.26. The van der Waals surface area contributed by atoms with Crippen molar-refractivity contribution in [3.63, 3.8) is 0 Å². The Morgan fingerprint density at radius 1 is 0.774 bits per heavy atom. The monoisotopic (exact) mass is 428 g/mol. The van der Waals surface area contributed by atoms with E-state index in [1.807, 2.05) is 95.9 Å². The molecular weight excluding hydrogens is 408 g/mol. The average molecular weight is 429 g/mol. The number of hydrogen-bond donors (Lipinski definition) is 0. The van der Waals surface area contributed by atoms with Crippen molar-refractivity contribution >= 4 is 23.3 Å². The van der Waals surface area contributed by atoms with Crippen molar-refractivity contribution in [3.05, 3.63) is 119 Å². The number of anilines is 1. The van der Waals surface area contributed by atoms with Gasteiger partial charge >= 0.3 is 5.69 Å². The fourth-order valence-electron chi connectivity index (χ4n) is 3.23. The van der Waals surface area contributed by atoms with Crippen molar-refractivity contribution in [3.8, 4) is 0 Å². The molecule has 6 nitrogen and oxygen atoms in total. The Morgan fingerprint density at radius 2 is 1.29 bits per heavy atom. The maximum Gasteiger partial charge on any atom is 0.343 e. The normalized spacial score (nSPS) is 10.6. The molecule has 154 valence electrons. The zero-order valence-corrected chi connectivity index (χ0v) is 17.5. The van der Waals surface area contributed by atoms with E-state index in [2.05, 4.69) is 9.97 Å². The van der Waals surface area contributed by atoms with Crippen LogP contribution in [0.1, 0.15) is 11.1 Å². The average Bonchev–Trinajstić information content (AvgIpc) is 2.80. The summed E-state index contributed by atoms with van der Waals surface area (Å²) in [5.41, 5.74) is 2.01. The van der Waals surface area contributed by atoms with Crippen LogP contribution in [0, 0.1) is 10.1 Å². The van der Waals surface area contributed by atoms with Gasteiger partial charge in [-0.1, -0.05) is 90.6 Å². The third-order valence-electron chi connectivity index (χ3n) is 4.64. The van der Waals surface area contributed by atoms with E-state index in [-0.39, 0.29) is 10.6 Å². The van der Waals surface area contributed by atoms with Crippen LogP contribution in [-0.4, -0.2) is 14.9 Å². The van der Waals surface area contributed by atoms with Crippen LogP contribution in [0.5, 0.6) is 0 Å². The molecule has 0 spiro atoms. The van der Waals surface area contributed by atoms with E-state index >= 15 is 0 Å². The molecule has 0 unspecified atom stereocenters. The molecule has 4 rings (SSSR count). The molecule has 0 aliphatic heterocycles. The number of nitrogens with zero attached hydrogens (tertiary/aromatic N) is 4. The molecule has 1 heterocycles. The fourth-order valence-corrected chi connectivity index (χ4v) is 4.11. The van der Waals surface area contributed by atoms with Gasteiger partial charge < -0.3 is 4.90 Å². The van der Waals surface area contributed by atoms with Gasteiger partial charge in [-0.3, -0.25) is 10.1 Å². The second-order valence-electron chi connectivity index (χ2n) is 6.85. The molecule has 3 aromatic carbocycles. The highest BCUT2D eigenvalue weighted by Crippen LogP contribution is 2.38. The van der Waals surface area contributed by atoms with E-state index in [9.17, 15) is 10.1 Å². The summed E-state index contributed by atoms with van der Waals surface area (Å²) >= 11 is 1.27. The first-order valence-corrected chi connectivity index (χ1v) is 10.6. The maximum atomic E-state index is 12.1. The van der Waals surface area contributed by atoms with Crippen LogP contribution in [0.3, 0.4) is 0 Å². The van der Waals surface area contributed by atoms with Crippen LogP contribution in [-0.2, 0) is 13.1 Å². The lowest BCUT2D eigenvalue weighted by Gasteiger charge is -2.24. The van der Waals surface area contributed by atoms with E-state index in [4.69, 9.17) is 0 Å². The van der Waals surface area contributed by atoms with E-state index in [0.717, 1.165) is 16.0 Å². The van der Waals surface area contributed by atoms with Crippen molar-refractivity contribution in [2.24, 2.45) is 0 Å². The van der Waals surface area contributed by atoms with Crippen LogP contribution in [0.2, 0.25) is 0 Å². The molecule has 0 amide bonds. The predicted octanol–water partition coefficient (Wildman–Crippen LogP) is 5.74. The highest BCUT2D eigenvalue weighted by atomic mass is 32.2. The Morgan fingerprint density at radius 3 is 1.81 bits per heavy atom. The van der Waals surface area contributed by atoms with Gasteiger partial charge in [0.15, 0.2) is 5.03 Å². The van der Waals surface area contributed by atoms with Crippen LogP contribution in [0.4, 0.5) is 11.5 Å². The van der Waals surface area contributed by atoms with Gasteiger partial charge in [-0.2, -0.15) is 0 Å². The Bertz CT molecular complexity index is 1100. The summed E-state index contributed by atoms with van der Waals surface area (Å²) in [7, 11) is 0. The Kier molecular flexibility index (Phi) is 6.54. The van der Waals surface area contributed by atoms with Crippen molar-refractivity contribution in [1.29, 1.82) is 0 Å². The molecule has 0 aliphatic carbocycles. The van der Waals surface area contributed by atoms with Crippen molar-refractivity contribution in [2.45, 2.75) is 23.0 Å². The zero-order chi connectivity index (χ0) is 21.5. The summed E-state index contributed by atoms with van der Waals surface area (Å²) < 4.78 is 0. The topological polar surface area (TPSA) is 72.2 Å². The molecule has 0 saturated carbocycles. The van der Waals surface area contributed by atoms with Gasteiger partial charge in [0.1, 0.15) is 6.33 Å². The van der Waals surface area contributed by atoms with Gasteiger partial charge in [-0.25, -0.2) is 9.97 Å². The first-order chi connectivity index (χ1) is 15.2. The molecule has 0 N–H and O–H groups in total. The van der Waals surface area contributed by atoms with Crippen LogP contribution in [0.15, 0.2) is 107 Å². The maximum absolute atomic E-state index is 12.1. The number of hydrogen-bond acceptors (Lipinski definition) is 6. The zero-order valence-electron chi connectivity index (χ0n) is 16.7. The molecule has 7 heteroatoms. The SMILES string of the molecule is O=[N+]([O-])c1c(Sc2ccccc2)ncnc1N(Cc1ccccc1)Cc1ccccc1. The number of rotatable bonds is 8. The minimum atomic E-state index is -0.385. The lowest BCUT2D eigenvalue weighted by Crippen LogP contribution is -2.24. The van der Waals surface area contributed by atoms with E-state index in [0.29, 0.717) is 23.9 Å². The van der Waals surface area contributed by atoms with Crippen LogP contribution < -0.4 is 4.90 Å². The van der Waals surface area contributed by atoms with E-state index < -0.39 is 0 Å². The second-order valence-corrected chi connectivity index (χ2v) is 7.91. The van der Waals surface area contributed by atoms with E-state index in [1.165, 1.54) is 18.1 Å². The molecule has 31 heavy (non-hydrogen) atoms.